The Morgan fingerprint density at radius 1 is 1.19 bits per heavy atom. The van der Waals surface area contributed by atoms with Crippen molar-refractivity contribution >= 4 is 18.1 Å². The molecule has 0 unspecified atom stereocenters. The second-order valence-electron chi connectivity index (χ2n) is 5.60. The van der Waals surface area contributed by atoms with Gasteiger partial charge in [0.05, 0.1) is 5.56 Å². The smallest absolute Gasteiger partial charge is 0.254 e. The lowest BCUT2D eigenvalue weighted by Gasteiger charge is -2.42. The Labute approximate surface area is 129 Å². The highest BCUT2D eigenvalue weighted by atomic mass is 32.1. The summed E-state index contributed by atoms with van der Waals surface area (Å²) in [6, 6.07) is 14.0. The number of aromatic nitrogens is 1. The van der Waals surface area contributed by atoms with Gasteiger partial charge in [0.2, 0.25) is 0 Å². The average Bonchev–Trinajstić information content (AvgIpc) is 2.47. The van der Waals surface area contributed by atoms with Gasteiger partial charge in [0.15, 0.2) is 0 Å². The van der Waals surface area contributed by atoms with Crippen LogP contribution in [0.1, 0.15) is 35.2 Å². The van der Waals surface area contributed by atoms with E-state index in [0.717, 1.165) is 12.8 Å². The zero-order chi connectivity index (χ0) is 14.7. The molecule has 1 aliphatic rings. The van der Waals surface area contributed by atoms with Crippen molar-refractivity contribution in [3.63, 3.8) is 0 Å². The molecule has 0 saturated heterocycles. The summed E-state index contributed by atoms with van der Waals surface area (Å²) < 4.78 is 0.484. The highest BCUT2D eigenvalue weighted by Crippen LogP contribution is 2.43. The summed E-state index contributed by atoms with van der Waals surface area (Å²) in [6.07, 6.45) is 5.20. The Kier molecular flexibility index (Phi) is 3.88. The average molecular weight is 298 g/mol. The van der Waals surface area contributed by atoms with Gasteiger partial charge in [-0.3, -0.25) is 4.79 Å². The van der Waals surface area contributed by atoms with Gasteiger partial charge in [0.25, 0.3) is 5.91 Å². The molecule has 0 atom stereocenters. The molecule has 2 aromatic rings. The van der Waals surface area contributed by atoms with E-state index in [9.17, 15) is 4.79 Å². The number of carbonyl (C=O) groups excluding carboxylic acids is 1. The highest BCUT2D eigenvalue weighted by Gasteiger charge is 2.38. The third kappa shape index (κ3) is 2.76. The number of carbonyl (C=O) groups is 1. The third-order valence-electron chi connectivity index (χ3n) is 4.35. The van der Waals surface area contributed by atoms with E-state index in [4.69, 9.17) is 12.2 Å². The molecule has 1 aromatic carbocycles. The molecule has 1 saturated carbocycles. The number of aromatic amines is 1. The molecule has 0 bridgehead atoms. The first-order valence-corrected chi connectivity index (χ1v) is 7.64. The minimum Gasteiger partial charge on any atom is -0.352 e. The predicted molar refractivity (Wildman–Crippen MR) is 85.9 cm³/mol. The van der Waals surface area contributed by atoms with E-state index in [1.54, 1.807) is 18.3 Å². The van der Waals surface area contributed by atoms with Gasteiger partial charge in [-0.2, -0.15) is 0 Å². The van der Waals surface area contributed by atoms with Crippen LogP contribution in [0.4, 0.5) is 0 Å². The first-order chi connectivity index (χ1) is 10.2. The normalized spacial score (nSPS) is 16.0. The van der Waals surface area contributed by atoms with Crippen molar-refractivity contribution in [1.82, 2.24) is 10.3 Å². The standard InChI is InChI=1S/C17H18N2OS/c20-15(14-8-4-11-18-16(14)21)19-12-17(9-5-10-17)13-6-2-1-3-7-13/h1-4,6-8,11H,5,9-10,12H2,(H,18,21)(H,19,20). The van der Waals surface area contributed by atoms with Crippen LogP contribution in [0.3, 0.4) is 0 Å². The molecule has 1 fully saturated rings. The number of hydrogen-bond donors (Lipinski definition) is 2. The Morgan fingerprint density at radius 2 is 1.95 bits per heavy atom. The number of hydrogen-bond acceptors (Lipinski definition) is 2. The lowest BCUT2D eigenvalue weighted by atomic mass is 9.64. The minimum atomic E-state index is -0.0981. The van der Waals surface area contributed by atoms with Crippen LogP contribution in [0, 0.1) is 4.64 Å². The monoisotopic (exact) mass is 298 g/mol. The molecule has 2 N–H and O–H groups in total. The van der Waals surface area contributed by atoms with Crippen LogP contribution in [0.25, 0.3) is 0 Å². The lowest BCUT2D eigenvalue weighted by molar-refractivity contribution is 0.0927. The molecule has 108 valence electrons. The Hall–Kier alpha value is -1.94. The van der Waals surface area contributed by atoms with Crippen molar-refractivity contribution in [2.24, 2.45) is 0 Å². The number of amides is 1. The van der Waals surface area contributed by atoms with E-state index in [0.29, 0.717) is 16.7 Å². The van der Waals surface area contributed by atoms with E-state index in [-0.39, 0.29) is 11.3 Å². The van der Waals surface area contributed by atoms with Gasteiger partial charge in [-0.25, -0.2) is 0 Å². The van der Waals surface area contributed by atoms with E-state index in [1.165, 1.54) is 12.0 Å². The molecule has 1 heterocycles. The Balaban J connectivity index is 1.73. The maximum Gasteiger partial charge on any atom is 0.254 e. The van der Waals surface area contributed by atoms with E-state index in [2.05, 4.69) is 34.6 Å². The molecule has 3 rings (SSSR count). The van der Waals surface area contributed by atoms with Crippen molar-refractivity contribution in [2.45, 2.75) is 24.7 Å². The summed E-state index contributed by atoms with van der Waals surface area (Å²) in [5.74, 6) is -0.0981. The van der Waals surface area contributed by atoms with Gasteiger partial charge in [0, 0.05) is 18.2 Å². The largest absolute Gasteiger partial charge is 0.352 e. The minimum absolute atomic E-state index is 0.0943. The summed E-state index contributed by atoms with van der Waals surface area (Å²) >= 11 is 5.16. The van der Waals surface area contributed by atoms with Crippen molar-refractivity contribution in [2.75, 3.05) is 6.54 Å². The van der Waals surface area contributed by atoms with Crippen molar-refractivity contribution in [3.05, 3.63) is 64.4 Å². The molecule has 1 amide bonds. The molecular formula is C17H18N2OS. The summed E-state index contributed by atoms with van der Waals surface area (Å²) in [7, 11) is 0. The fourth-order valence-corrected chi connectivity index (χ4v) is 3.14. The number of rotatable bonds is 4. The SMILES string of the molecule is O=C(NCC1(c2ccccc2)CCC1)c1ccc[nH]c1=S. The summed E-state index contributed by atoms with van der Waals surface area (Å²) in [5.41, 5.74) is 1.95. The van der Waals surface area contributed by atoms with Gasteiger partial charge in [-0.05, 0) is 30.5 Å². The molecular weight excluding hydrogens is 280 g/mol. The molecule has 0 spiro atoms. The zero-order valence-corrected chi connectivity index (χ0v) is 12.6. The summed E-state index contributed by atoms with van der Waals surface area (Å²) in [5, 5.41) is 3.06. The summed E-state index contributed by atoms with van der Waals surface area (Å²) in [4.78, 5) is 15.2. The molecule has 1 aromatic heterocycles. The highest BCUT2D eigenvalue weighted by molar-refractivity contribution is 7.71. The Morgan fingerprint density at radius 3 is 2.57 bits per heavy atom. The summed E-state index contributed by atoms with van der Waals surface area (Å²) in [6.45, 7) is 0.666. The number of pyridine rings is 1. The van der Waals surface area contributed by atoms with Crippen molar-refractivity contribution in [3.8, 4) is 0 Å². The predicted octanol–water partition coefficient (Wildman–Crippen LogP) is 3.60. The molecule has 21 heavy (non-hydrogen) atoms. The van der Waals surface area contributed by atoms with Gasteiger partial charge >= 0.3 is 0 Å². The first kappa shape index (κ1) is 14.0. The molecule has 4 heteroatoms. The number of benzene rings is 1. The van der Waals surface area contributed by atoms with Crippen LogP contribution in [-0.2, 0) is 5.41 Å². The maximum atomic E-state index is 12.3. The fraction of sp³-hybridized carbons (Fsp3) is 0.294. The molecule has 0 radical (unpaired) electrons. The van der Waals surface area contributed by atoms with E-state index >= 15 is 0 Å². The van der Waals surface area contributed by atoms with Gasteiger partial charge < -0.3 is 10.3 Å². The van der Waals surface area contributed by atoms with Crippen LogP contribution < -0.4 is 5.32 Å². The topological polar surface area (TPSA) is 44.9 Å². The van der Waals surface area contributed by atoms with E-state index < -0.39 is 0 Å². The molecule has 3 nitrogen and oxygen atoms in total. The zero-order valence-electron chi connectivity index (χ0n) is 11.8. The van der Waals surface area contributed by atoms with Gasteiger partial charge in [-0.15, -0.1) is 0 Å². The van der Waals surface area contributed by atoms with Crippen molar-refractivity contribution < 1.29 is 4.79 Å². The fourth-order valence-electron chi connectivity index (χ4n) is 2.91. The van der Waals surface area contributed by atoms with Gasteiger partial charge in [-0.1, -0.05) is 49.0 Å². The lowest BCUT2D eigenvalue weighted by Crippen LogP contribution is -2.45. The van der Waals surface area contributed by atoms with Crippen LogP contribution in [0.2, 0.25) is 0 Å². The number of H-pyrrole nitrogens is 1. The van der Waals surface area contributed by atoms with Crippen LogP contribution in [0.15, 0.2) is 48.7 Å². The Bertz CT molecular complexity index is 689. The number of nitrogens with one attached hydrogen (secondary N) is 2. The van der Waals surface area contributed by atoms with Crippen molar-refractivity contribution in [1.29, 1.82) is 0 Å². The van der Waals surface area contributed by atoms with E-state index in [1.807, 2.05) is 6.07 Å². The van der Waals surface area contributed by atoms with Crippen LogP contribution >= 0.6 is 12.2 Å². The third-order valence-corrected chi connectivity index (χ3v) is 4.68. The quantitative estimate of drug-likeness (QED) is 0.847. The molecule has 1 aliphatic carbocycles. The second-order valence-corrected chi connectivity index (χ2v) is 6.00. The second kappa shape index (κ2) is 5.82. The van der Waals surface area contributed by atoms with Gasteiger partial charge in [0.1, 0.15) is 4.64 Å². The maximum absolute atomic E-state index is 12.3. The molecule has 0 aliphatic heterocycles. The first-order valence-electron chi connectivity index (χ1n) is 7.23. The van der Waals surface area contributed by atoms with Crippen LogP contribution in [-0.4, -0.2) is 17.4 Å². The van der Waals surface area contributed by atoms with Crippen LogP contribution in [0.5, 0.6) is 0 Å².